The fourth-order valence-corrected chi connectivity index (χ4v) is 4.37. The summed E-state index contributed by atoms with van der Waals surface area (Å²) in [5.74, 6) is 0.516. The lowest BCUT2D eigenvalue weighted by Gasteiger charge is -2.30. The highest BCUT2D eigenvalue weighted by Crippen LogP contribution is 2.55. The van der Waals surface area contributed by atoms with E-state index in [4.69, 9.17) is 0 Å². The van der Waals surface area contributed by atoms with Gasteiger partial charge in [-0.05, 0) is 29.2 Å². The minimum atomic E-state index is 0.373. The van der Waals surface area contributed by atoms with Crippen LogP contribution in [-0.4, -0.2) is 30.1 Å². The van der Waals surface area contributed by atoms with Gasteiger partial charge in [-0.3, -0.25) is 4.90 Å². The Morgan fingerprint density at radius 2 is 1.82 bits per heavy atom. The predicted molar refractivity (Wildman–Crippen MR) is 91.0 cm³/mol. The van der Waals surface area contributed by atoms with Crippen LogP contribution in [0.5, 0.6) is 0 Å². The smallest absolute Gasteiger partial charge is 0.0461 e. The molecule has 22 heavy (non-hydrogen) atoms. The molecule has 1 fully saturated rings. The third kappa shape index (κ3) is 1.71. The number of anilines is 1. The standard InChI is InChI=1S/C20H20N2/c1-2-6-15(7-3-1)16-12-18-17-8-4-5-9-19(17)21-11-10-20(18)14-22(20)13-16/h1-9,12,18,21H,10-11,13-14H2/t18-,20+,22?/m0/s1. The minimum Gasteiger partial charge on any atom is -0.385 e. The van der Waals surface area contributed by atoms with Crippen LogP contribution in [0.4, 0.5) is 5.69 Å². The molecule has 1 spiro atoms. The van der Waals surface area contributed by atoms with Crippen molar-refractivity contribution in [3.8, 4) is 0 Å². The lowest BCUT2D eigenvalue weighted by Crippen LogP contribution is -2.31. The summed E-state index contributed by atoms with van der Waals surface area (Å²) in [6.45, 7) is 3.42. The lowest BCUT2D eigenvalue weighted by atomic mass is 9.79. The number of benzene rings is 2. The molecule has 2 heteroatoms. The topological polar surface area (TPSA) is 15.0 Å². The van der Waals surface area contributed by atoms with Crippen LogP contribution in [0.25, 0.3) is 5.57 Å². The van der Waals surface area contributed by atoms with E-state index in [2.05, 4.69) is 70.9 Å². The largest absolute Gasteiger partial charge is 0.385 e. The first-order valence-corrected chi connectivity index (χ1v) is 8.21. The number of nitrogens with zero attached hydrogens (tertiary/aromatic N) is 1. The highest BCUT2D eigenvalue weighted by atomic mass is 15.4. The van der Waals surface area contributed by atoms with Crippen LogP contribution in [0.3, 0.4) is 0 Å². The molecule has 2 aromatic carbocycles. The molecule has 2 nitrogen and oxygen atoms in total. The zero-order valence-corrected chi connectivity index (χ0v) is 12.6. The molecule has 3 heterocycles. The average Bonchev–Trinajstić information content (AvgIpc) is 3.31. The summed E-state index contributed by atoms with van der Waals surface area (Å²) in [6.07, 6.45) is 3.79. The van der Waals surface area contributed by atoms with Crippen molar-refractivity contribution >= 4 is 11.3 Å². The molecule has 1 N–H and O–H groups in total. The van der Waals surface area contributed by atoms with Crippen molar-refractivity contribution in [2.24, 2.45) is 0 Å². The second-order valence-electron chi connectivity index (χ2n) is 6.76. The molecule has 0 bridgehead atoms. The molecule has 0 saturated carbocycles. The summed E-state index contributed by atoms with van der Waals surface area (Å²) in [5, 5.41) is 3.63. The highest BCUT2D eigenvalue weighted by molar-refractivity contribution is 5.72. The highest BCUT2D eigenvalue weighted by Gasteiger charge is 2.59. The first kappa shape index (κ1) is 12.5. The van der Waals surface area contributed by atoms with E-state index in [0.29, 0.717) is 11.5 Å². The van der Waals surface area contributed by atoms with Crippen LogP contribution >= 0.6 is 0 Å². The molecule has 3 aliphatic heterocycles. The lowest BCUT2D eigenvalue weighted by molar-refractivity contribution is 0.382. The molecule has 2 aromatic rings. The van der Waals surface area contributed by atoms with E-state index in [1.165, 1.54) is 35.4 Å². The molecular formula is C20H20N2. The van der Waals surface area contributed by atoms with E-state index < -0.39 is 0 Å². The molecule has 3 atom stereocenters. The van der Waals surface area contributed by atoms with Crippen molar-refractivity contribution in [3.63, 3.8) is 0 Å². The zero-order chi connectivity index (χ0) is 14.6. The van der Waals surface area contributed by atoms with Gasteiger partial charge < -0.3 is 5.32 Å². The number of rotatable bonds is 1. The van der Waals surface area contributed by atoms with Crippen molar-refractivity contribution in [2.45, 2.75) is 17.9 Å². The number of nitrogens with one attached hydrogen (secondary N) is 1. The fourth-order valence-electron chi connectivity index (χ4n) is 4.37. The van der Waals surface area contributed by atoms with Crippen LogP contribution in [0.15, 0.2) is 60.7 Å². The van der Waals surface area contributed by atoms with Crippen molar-refractivity contribution < 1.29 is 0 Å². The second-order valence-corrected chi connectivity index (χ2v) is 6.76. The van der Waals surface area contributed by atoms with Gasteiger partial charge in [0.05, 0.1) is 0 Å². The van der Waals surface area contributed by atoms with Gasteiger partial charge in [0.2, 0.25) is 0 Å². The van der Waals surface area contributed by atoms with Gasteiger partial charge in [0.25, 0.3) is 0 Å². The molecule has 5 rings (SSSR count). The van der Waals surface area contributed by atoms with Crippen LogP contribution < -0.4 is 5.32 Å². The number of hydrogen-bond donors (Lipinski definition) is 1. The molecule has 1 unspecified atom stereocenters. The summed E-state index contributed by atoms with van der Waals surface area (Å²) < 4.78 is 0. The maximum atomic E-state index is 3.63. The average molecular weight is 288 g/mol. The first-order valence-electron chi connectivity index (χ1n) is 8.21. The fraction of sp³-hybridized carbons (Fsp3) is 0.300. The second kappa shape index (κ2) is 4.47. The van der Waals surface area contributed by atoms with Crippen molar-refractivity contribution in [2.75, 3.05) is 25.0 Å². The van der Waals surface area contributed by atoms with E-state index >= 15 is 0 Å². The summed E-state index contributed by atoms with van der Waals surface area (Å²) >= 11 is 0. The van der Waals surface area contributed by atoms with Crippen LogP contribution in [0.1, 0.15) is 23.5 Å². The van der Waals surface area contributed by atoms with Gasteiger partial charge in [0, 0.05) is 36.8 Å². The SMILES string of the molecule is C1=C(c2ccccc2)CN2C[C@@]23CCNc2ccccc2[C@H]13. The minimum absolute atomic E-state index is 0.373. The van der Waals surface area contributed by atoms with Crippen LogP contribution in [0, 0.1) is 0 Å². The van der Waals surface area contributed by atoms with Crippen molar-refractivity contribution in [3.05, 3.63) is 71.8 Å². The number of hydrogen-bond acceptors (Lipinski definition) is 2. The Balaban J connectivity index is 1.65. The molecule has 0 aromatic heterocycles. The van der Waals surface area contributed by atoms with Gasteiger partial charge in [-0.2, -0.15) is 0 Å². The Kier molecular flexibility index (Phi) is 2.53. The summed E-state index contributed by atoms with van der Waals surface area (Å²) in [4.78, 5) is 2.67. The molecule has 1 saturated heterocycles. The summed E-state index contributed by atoms with van der Waals surface area (Å²) in [6, 6.07) is 19.7. The Bertz CT molecular complexity index is 749. The molecule has 0 aliphatic carbocycles. The Hall–Kier alpha value is -2.06. The Morgan fingerprint density at radius 1 is 1.00 bits per heavy atom. The van der Waals surface area contributed by atoms with Crippen LogP contribution in [-0.2, 0) is 0 Å². The number of para-hydroxylation sites is 1. The summed E-state index contributed by atoms with van der Waals surface area (Å²) in [5.41, 5.74) is 6.02. The molecular weight excluding hydrogens is 268 g/mol. The van der Waals surface area contributed by atoms with Gasteiger partial charge >= 0.3 is 0 Å². The normalized spacial score (nSPS) is 31.7. The molecule has 0 radical (unpaired) electrons. The van der Waals surface area contributed by atoms with E-state index in [-0.39, 0.29) is 0 Å². The van der Waals surface area contributed by atoms with Crippen molar-refractivity contribution in [1.82, 2.24) is 4.90 Å². The Morgan fingerprint density at radius 3 is 2.73 bits per heavy atom. The Labute approximate surface area is 131 Å². The van der Waals surface area contributed by atoms with E-state index in [9.17, 15) is 0 Å². The van der Waals surface area contributed by atoms with E-state index in [0.717, 1.165) is 13.1 Å². The maximum absolute atomic E-state index is 3.63. The molecule has 110 valence electrons. The van der Waals surface area contributed by atoms with Gasteiger partial charge in [-0.1, -0.05) is 54.6 Å². The zero-order valence-electron chi connectivity index (χ0n) is 12.6. The van der Waals surface area contributed by atoms with Gasteiger partial charge in [-0.15, -0.1) is 0 Å². The quantitative estimate of drug-likeness (QED) is 0.804. The van der Waals surface area contributed by atoms with Gasteiger partial charge in [0.1, 0.15) is 0 Å². The molecule has 0 amide bonds. The number of fused-ring (bicyclic) bond motifs is 2. The molecule has 3 aliphatic rings. The van der Waals surface area contributed by atoms with E-state index in [1.807, 2.05) is 0 Å². The van der Waals surface area contributed by atoms with E-state index in [1.54, 1.807) is 0 Å². The van der Waals surface area contributed by atoms with Crippen molar-refractivity contribution in [1.29, 1.82) is 0 Å². The monoisotopic (exact) mass is 288 g/mol. The first-order chi connectivity index (χ1) is 10.9. The predicted octanol–water partition coefficient (Wildman–Crippen LogP) is 3.74. The maximum Gasteiger partial charge on any atom is 0.0461 e. The van der Waals surface area contributed by atoms with Gasteiger partial charge in [0.15, 0.2) is 0 Å². The van der Waals surface area contributed by atoms with Gasteiger partial charge in [-0.25, -0.2) is 0 Å². The summed E-state index contributed by atoms with van der Waals surface area (Å²) in [7, 11) is 0. The third-order valence-corrected chi connectivity index (χ3v) is 5.61. The third-order valence-electron chi connectivity index (χ3n) is 5.61. The van der Waals surface area contributed by atoms with Crippen LogP contribution in [0.2, 0.25) is 0 Å².